The van der Waals surface area contributed by atoms with Crippen LogP contribution in [0.5, 0.6) is 0 Å². The van der Waals surface area contributed by atoms with Crippen LogP contribution in [0.3, 0.4) is 0 Å². The van der Waals surface area contributed by atoms with Gasteiger partial charge in [0.2, 0.25) is 5.95 Å². The first-order chi connectivity index (χ1) is 13.3. The predicted molar refractivity (Wildman–Crippen MR) is 103 cm³/mol. The minimum absolute atomic E-state index is 0.465. The summed E-state index contributed by atoms with van der Waals surface area (Å²) in [5, 5.41) is 18.6. The van der Waals surface area contributed by atoms with Crippen molar-refractivity contribution in [2.45, 2.75) is 0 Å². The number of rotatable bonds is 4. The van der Waals surface area contributed by atoms with Crippen LogP contribution in [0.1, 0.15) is 11.5 Å². The molecule has 3 aromatic rings. The number of benzene rings is 1. The predicted octanol–water partition coefficient (Wildman–Crippen LogP) is 2.51. The summed E-state index contributed by atoms with van der Waals surface area (Å²) in [4.78, 5) is 2.14. The monoisotopic (exact) mass is 360 g/mol. The number of anilines is 1. The molecule has 0 aliphatic carbocycles. The molecule has 0 unspecified atom stereocenters. The second-order valence-corrected chi connectivity index (χ2v) is 6.31. The molecular formula is C20H20N6O. The normalized spacial score (nSPS) is 15.0. The summed E-state index contributed by atoms with van der Waals surface area (Å²) in [7, 11) is 1.95. The van der Waals surface area contributed by atoms with E-state index in [1.807, 2.05) is 70.9 Å². The lowest BCUT2D eigenvalue weighted by Crippen LogP contribution is -2.38. The molecule has 2 aromatic heterocycles. The minimum Gasteiger partial charge on any atom is -0.378 e. The van der Waals surface area contributed by atoms with Gasteiger partial charge in [0, 0.05) is 32.0 Å². The number of nitrogens with zero attached hydrogens (tertiary/aromatic N) is 6. The SMILES string of the molecule is Cn1cccc1C=C(C#N)c1nnc(N2CCOCC2)n1-c1ccccc1. The number of hydrogen-bond donors (Lipinski definition) is 0. The fourth-order valence-corrected chi connectivity index (χ4v) is 3.15. The van der Waals surface area contributed by atoms with E-state index < -0.39 is 0 Å². The van der Waals surface area contributed by atoms with Crippen LogP contribution in [0.15, 0.2) is 48.7 Å². The topological polar surface area (TPSA) is 71.9 Å². The molecule has 3 heterocycles. The van der Waals surface area contributed by atoms with Crippen molar-refractivity contribution in [2.24, 2.45) is 7.05 Å². The summed E-state index contributed by atoms with van der Waals surface area (Å²) in [6, 6.07) is 16.1. The molecule has 136 valence electrons. The highest BCUT2D eigenvalue weighted by Crippen LogP contribution is 2.26. The Balaban J connectivity index is 1.85. The number of ether oxygens (including phenoxy) is 1. The average Bonchev–Trinajstić information content (AvgIpc) is 3.34. The van der Waals surface area contributed by atoms with E-state index in [2.05, 4.69) is 21.2 Å². The molecule has 4 rings (SSSR count). The maximum absolute atomic E-state index is 9.82. The Bertz CT molecular complexity index is 989. The van der Waals surface area contributed by atoms with Crippen LogP contribution in [-0.2, 0) is 11.8 Å². The Hall–Kier alpha value is -3.37. The minimum atomic E-state index is 0.465. The van der Waals surface area contributed by atoms with Gasteiger partial charge >= 0.3 is 0 Å². The Morgan fingerprint density at radius 1 is 1.11 bits per heavy atom. The fraction of sp³-hybridized carbons (Fsp3) is 0.250. The molecule has 0 saturated carbocycles. The highest BCUT2D eigenvalue weighted by Gasteiger charge is 2.23. The van der Waals surface area contributed by atoms with Crippen molar-refractivity contribution in [1.82, 2.24) is 19.3 Å². The van der Waals surface area contributed by atoms with Gasteiger partial charge in [-0.2, -0.15) is 5.26 Å². The standard InChI is InChI=1S/C20H20N6O/c1-24-9-5-8-18(24)14-16(15-21)19-22-23-20(25-10-12-27-13-11-25)26(19)17-6-3-2-4-7-17/h2-9,14H,10-13H2,1H3. The van der Waals surface area contributed by atoms with Crippen molar-refractivity contribution < 1.29 is 4.74 Å². The third-order valence-corrected chi connectivity index (χ3v) is 4.59. The first kappa shape index (κ1) is 17.1. The average molecular weight is 360 g/mol. The Morgan fingerprint density at radius 3 is 2.56 bits per heavy atom. The van der Waals surface area contributed by atoms with E-state index in [9.17, 15) is 5.26 Å². The number of para-hydroxylation sites is 1. The van der Waals surface area contributed by atoms with Gasteiger partial charge in [0.25, 0.3) is 0 Å². The molecule has 0 bridgehead atoms. The maximum atomic E-state index is 9.82. The Morgan fingerprint density at radius 2 is 1.89 bits per heavy atom. The van der Waals surface area contributed by atoms with Crippen molar-refractivity contribution in [3.8, 4) is 11.8 Å². The third-order valence-electron chi connectivity index (χ3n) is 4.59. The van der Waals surface area contributed by atoms with Crippen LogP contribution in [-0.4, -0.2) is 45.6 Å². The molecule has 0 atom stereocenters. The number of morpholine rings is 1. The largest absolute Gasteiger partial charge is 0.378 e. The summed E-state index contributed by atoms with van der Waals surface area (Å²) >= 11 is 0. The zero-order chi connectivity index (χ0) is 18.6. The number of hydrogen-bond acceptors (Lipinski definition) is 5. The quantitative estimate of drug-likeness (QED) is 0.669. The molecule has 0 amide bonds. The molecule has 27 heavy (non-hydrogen) atoms. The van der Waals surface area contributed by atoms with Crippen LogP contribution >= 0.6 is 0 Å². The highest BCUT2D eigenvalue weighted by molar-refractivity contribution is 5.87. The van der Waals surface area contributed by atoms with E-state index in [0.717, 1.165) is 30.4 Å². The number of aryl methyl sites for hydroxylation is 1. The summed E-state index contributed by atoms with van der Waals surface area (Å²) in [6.45, 7) is 2.80. The van der Waals surface area contributed by atoms with Gasteiger partial charge in [0.05, 0.1) is 24.5 Å². The molecule has 7 heteroatoms. The molecule has 1 saturated heterocycles. The molecule has 1 fully saturated rings. The van der Waals surface area contributed by atoms with Gasteiger partial charge < -0.3 is 14.2 Å². The van der Waals surface area contributed by atoms with Gasteiger partial charge in [-0.05, 0) is 30.3 Å². The van der Waals surface area contributed by atoms with Crippen molar-refractivity contribution in [2.75, 3.05) is 31.2 Å². The highest BCUT2D eigenvalue weighted by atomic mass is 16.5. The van der Waals surface area contributed by atoms with Gasteiger partial charge in [0.1, 0.15) is 6.07 Å². The second-order valence-electron chi connectivity index (χ2n) is 6.31. The van der Waals surface area contributed by atoms with E-state index in [4.69, 9.17) is 4.74 Å². The van der Waals surface area contributed by atoms with Crippen LogP contribution < -0.4 is 4.90 Å². The zero-order valence-electron chi connectivity index (χ0n) is 15.1. The number of aromatic nitrogens is 4. The maximum Gasteiger partial charge on any atom is 0.232 e. The van der Waals surface area contributed by atoms with Crippen molar-refractivity contribution >= 4 is 17.6 Å². The molecule has 1 aromatic carbocycles. The molecule has 1 aliphatic rings. The van der Waals surface area contributed by atoms with Crippen molar-refractivity contribution in [3.63, 3.8) is 0 Å². The van der Waals surface area contributed by atoms with E-state index in [0.29, 0.717) is 24.6 Å². The first-order valence-electron chi connectivity index (χ1n) is 8.85. The second kappa shape index (κ2) is 7.48. The van der Waals surface area contributed by atoms with E-state index >= 15 is 0 Å². The molecule has 0 spiro atoms. The lowest BCUT2D eigenvalue weighted by atomic mass is 10.2. The smallest absolute Gasteiger partial charge is 0.232 e. The molecule has 0 radical (unpaired) electrons. The lowest BCUT2D eigenvalue weighted by molar-refractivity contribution is 0.122. The van der Waals surface area contributed by atoms with Gasteiger partial charge in [-0.3, -0.25) is 4.57 Å². The van der Waals surface area contributed by atoms with Crippen LogP contribution in [0.25, 0.3) is 17.3 Å². The van der Waals surface area contributed by atoms with Gasteiger partial charge in [-0.25, -0.2) is 0 Å². The summed E-state index contributed by atoms with van der Waals surface area (Å²) in [5.41, 5.74) is 2.32. The summed E-state index contributed by atoms with van der Waals surface area (Å²) < 4.78 is 9.37. The van der Waals surface area contributed by atoms with Crippen molar-refractivity contribution in [1.29, 1.82) is 5.26 Å². The summed E-state index contributed by atoms with van der Waals surface area (Å²) in [6.07, 6.45) is 3.79. The van der Waals surface area contributed by atoms with Gasteiger partial charge in [-0.15, -0.1) is 10.2 Å². The fourth-order valence-electron chi connectivity index (χ4n) is 3.15. The van der Waals surface area contributed by atoms with Crippen LogP contribution in [0.2, 0.25) is 0 Å². The Labute approximate surface area is 157 Å². The van der Waals surface area contributed by atoms with E-state index in [-0.39, 0.29) is 0 Å². The van der Waals surface area contributed by atoms with Gasteiger partial charge in [0.15, 0.2) is 5.82 Å². The Kier molecular flexibility index (Phi) is 4.73. The summed E-state index contributed by atoms with van der Waals surface area (Å²) in [5.74, 6) is 1.26. The molecule has 0 N–H and O–H groups in total. The third kappa shape index (κ3) is 3.35. The van der Waals surface area contributed by atoms with Crippen LogP contribution in [0, 0.1) is 11.3 Å². The van der Waals surface area contributed by atoms with Gasteiger partial charge in [-0.1, -0.05) is 18.2 Å². The zero-order valence-corrected chi connectivity index (χ0v) is 15.1. The lowest BCUT2D eigenvalue weighted by Gasteiger charge is -2.28. The van der Waals surface area contributed by atoms with Crippen molar-refractivity contribution in [3.05, 3.63) is 60.2 Å². The molecule has 1 aliphatic heterocycles. The molecular weight excluding hydrogens is 340 g/mol. The molecule has 7 nitrogen and oxygen atoms in total. The number of nitriles is 1. The van der Waals surface area contributed by atoms with Crippen LogP contribution in [0.4, 0.5) is 5.95 Å². The van der Waals surface area contributed by atoms with E-state index in [1.54, 1.807) is 0 Å². The van der Waals surface area contributed by atoms with E-state index in [1.165, 1.54) is 0 Å². The first-order valence-corrected chi connectivity index (χ1v) is 8.85. The number of allylic oxidation sites excluding steroid dienone is 1.